The molecule has 11 heavy (non-hydrogen) atoms. The summed E-state index contributed by atoms with van der Waals surface area (Å²) < 4.78 is 0. The molecule has 1 nitrogen and oxygen atoms in total. The fourth-order valence-corrected chi connectivity index (χ4v) is 0.609. The van der Waals surface area contributed by atoms with Crippen LogP contribution in [0.3, 0.4) is 0 Å². The van der Waals surface area contributed by atoms with Gasteiger partial charge in [-0.3, -0.25) is 0 Å². The SMILES string of the molecule is CCCCC#C[C@H](O)C(C)C. The van der Waals surface area contributed by atoms with Crippen molar-refractivity contribution in [2.75, 3.05) is 0 Å². The summed E-state index contributed by atoms with van der Waals surface area (Å²) in [5, 5.41) is 9.25. The maximum atomic E-state index is 9.25. The minimum absolute atomic E-state index is 0.254. The van der Waals surface area contributed by atoms with E-state index in [1.165, 1.54) is 6.42 Å². The molecule has 0 fully saturated rings. The van der Waals surface area contributed by atoms with E-state index < -0.39 is 6.10 Å². The molecule has 64 valence electrons. The molecule has 0 unspecified atom stereocenters. The van der Waals surface area contributed by atoms with Crippen LogP contribution in [0.2, 0.25) is 0 Å². The van der Waals surface area contributed by atoms with E-state index in [1.807, 2.05) is 13.8 Å². The van der Waals surface area contributed by atoms with Gasteiger partial charge in [0.15, 0.2) is 0 Å². The van der Waals surface area contributed by atoms with Crippen LogP contribution >= 0.6 is 0 Å². The van der Waals surface area contributed by atoms with Crippen LogP contribution in [-0.2, 0) is 0 Å². The van der Waals surface area contributed by atoms with Crippen LogP contribution < -0.4 is 0 Å². The summed E-state index contributed by atoms with van der Waals surface area (Å²) in [6.07, 6.45) is 2.79. The number of hydrogen-bond donors (Lipinski definition) is 1. The molecule has 0 aromatic heterocycles. The van der Waals surface area contributed by atoms with Gasteiger partial charge in [0.05, 0.1) is 0 Å². The summed E-state index contributed by atoms with van der Waals surface area (Å²) in [6.45, 7) is 6.08. The maximum Gasteiger partial charge on any atom is 0.117 e. The first-order valence-electron chi connectivity index (χ1n) is 4.35. The van der Waals surface area contributed by atoms with Gasteiger partial charge < -0.3 is 5.11 Å². The third-order valence-corrected chi connectivity index (χ3v) is 1.54. The molecular formula is C10H18O. The summed E-state index contributed by atoms with van der Waals surface area (Å²) in [7, 11) is 0. The molecule has 0 aliphatic rings. The van der Waals surface area contributed by atoms with Gasteiger partial charge in [-0.15, -0.1) is 5.92 Å². The minimum atomic E-state index is -0.438. The van der Waals surface area contributed by atoms with Gasteiger partial charge in [-0.2, -0.15) is 0 Å². The molecule has 0 rings (SSSR count). The highest BCUT2D eigenvalue weighted by Gasteiger charge is 2.02. The molecule has 0 amide bonds. The van der Waals surface area contributed by atoms with E-state index in [2.05, 4.69) is 18.8 Å². The van der Waals surface area contributed by atoms with Gasteiger partial charge in [0.2, 0.25) is 0 Å². The van der Waals surface area contributed by atoms with Crippen LogP contribution in [0.25, 0.3) is 0 Å². The number of hydrogen-bond acceptors (Lipinski definition) is 1. The number of aliphatic hydroxyl groups excluding tert-OH is 1. The van der Waals surface area contributed by atoms with Crippen molar-refractivity contribution in [2.45, 2.75) is 46.1 Å². The lowest BCUT2D eigenvalue weighted by atomic mass is 10.1. The second kappa shape index (κ2) is 6.24. The third-order valence-electron chi connectivity index (χ3n) is 1.54. The molecule has 0 saturated carbocycles. The van der Waals surface area contributed by atoms with Crippen LogP contribution in [0.5, 0.6) is 0 Å². The van der Waals surface area contributed by atoms with Gasteiger partial charge in [0.25, 0.3) is 0 Å². The Hall–Kier alpha value is -0.480. The van der Waals surface area contributed by atoms with E-state index in [0.29, 0.717) is 0 Å². The van der Waals surface area contributed by atoms with Crippen molar-refractivity contribution < 1.29 is 5.11 Å². The Labute approximate surface area is 69.8 Å². The predicted octanol–water partition coefficient (Wildman–Crippen LogP) is 2.20. The Kier molecular flexibility index (Phi) is 5.97. The summed E-state index contributed by atoms with van der Waals surface area (Å²) in [5.41, 5.74) is 0. The van der Waals surface area contributed by atoms with Crippen LogP contribution in [0.1, 0.15) is 40.0 Å². The van der Waals surface area contributed by atoms with Crippen LogP contribution in [-0.4, -0.2) is 11.2 Å². The van der Waals surface area contributed by atoms with Gasteiger partial charge in [0.1, 0.15) is 6.10 Å². The molecule has 0 radical (unpaired) electrons. The Morgan fingerprint density at radius 3 is 2.45 bits per heavy atom. The summed E-state index contributed by atoms with van der Waals surface area (Å²) >= 11 is 0. The molecule has 0 aromatic carbocycles. The first-order valence-corrected chi connectivity index (χ1v) is 4.35. The Bertz CT molecular complexity index is 139. The largest absolute Gasteiger partial charge is 0.380 e. The third kappa shape index (κ3) is 5.94. The van der Waals surface area contributed by atoms with E-state index in [4.69, 9.17) is 0 Å². The average Bonchev–Trinajstić information content (AvgIpc) is 1.97. The quantitative estimate of drug-likeness (QED) is 0.488. The van der Waals surface area contributed by atoms with E-state index in [9.17, 15) is 5.11 Å². The number of rotatable bonds is 3. The molecule has 0 aliphatic carbocycles. The van der Waals surface area contributed by atoms with Crippen molar-refractivity contribution in [3.63, 3.8) is 0 Å². The predicted molar refractivity (Wildman–Crippen MR) is 48.1 cm³/mol. The topological polar surface area (TPSA) is 20.2 Å². The van der Waals surface area contributed by atoms with E-state index in [-0.39, 0.29) is 5.92 Å². The number of aliphatic hydroxyl groups is 1. The monoisotopic (exact) mass is 154 g/mol. The van der Waals surface area contributed by atoms with Crippen molar-refractivity contribution in [3.8, 4) is 11.8 Å². The van der Waals surface area contributed by atoms with Crippen molar-refractivity contribution in [1.29, 1.82) is 0 Å². The highest BCUT2D eigenvalue weighted by molar-refractivity contribution is 5.05. The van der Waals surface area contributed by atoms with Gasteiger partial charge in [0, 0.05) is 6.42 Å². The van der Waals surface area contributed by atoms with Gasteiger partial charge in [-0.1, -0.05) is 33.1 Å². The standard InChI is InChI=1S/C10H18O/c1-4-5-6-7-8-10(11)9(2)3/h9-11H,4-6H2,1-3H3/t10-/m0/s1. The fraction of sp³-hybridized carbons (Fsp3) is 0.800. The van der Waals surface area contributed by atoms with Crippen molar-refractivity contribution >= 4 is 0 Å². The zero-order valence-corrected chi connectivity index (χ0v) is 7.72. The molecule has 0 aliphatic heterocycles. The van der Waals surface area contributed by atoms with Gasteiger partial charge in [-0.05, 0) is 12.3 Å². The zero-order chi connectivity index (χ0) is 8.69. The second-order valence-corrected chi connectivity index (χ2v) is 3.11. The van der Waals surface area contributed by atoms with Crippen LogP contribution in [0, 0.1) is 17.8 Å². The van der Waals surface area contributed by atoms with E-state index in [1.54, 1.807) is 0 Å². The Morgan fingerprint density at radius 1 is 1.36 bits per heavy atom. The smallest absolute Gasteiger partial charge is 0.117 e. The van der Waals surface area contributed by atoms with Gasteiger partial charge in [-0.25, -0.2) is 0 Å². The fourth-order valence-electron chi connectivity index (χ4n) is 0.609. The lowest BCUT2D eigenvalue weighted by molar-refractivity contribution is 0.181. The summed E-state index contributed by atoms with van der Waals surface area (Å²) in [6, 6.07) is 0. The molecule has 1 heteroatoms. The molecule has 0 aromatic rings. The number of unbranched alkanes of at least 4 members (excludes halogenated alkanes) is 2. The van der Waals surface area contributed by atoms with Crippen molar-refractivity contribution in [3.05, 3.63) is 0 Å². The first-order chi connectivity index (χ1) is 5.18. The molecule has 0 spiro atoms. The molecule has 0 saturated heterocycles. The normalized spacial score (nSPS) is 12.5. The lowest BCUT2D eigenvalue weighted by Gasteiger charge is -2.04. The lowest BCUT2D eigenvalue weighted by Crippen LogP contribution is -2.11. The Balaban J connectivity index is 3.51. The summed E-state index contributed by atoms with van der Waals surface area (Å²) in [5.74, 6) is 6.04. The zero-order valence-electron chi connectivity index (χ0n) is 7.72. The van der Waals surface area contributed by atoms with Gasteiger partial charge >= 0.3 is 0 Å². The second-order valence-electron chi connectivity index (χ2n) is 3.11. The molecule has 0 bridgehead atoms. The van der Waals surface area contributed by atoms with Crippen LogP contribution in [0.15, 0.2) is 0 Å². The van der Waals surface area contributed by atoms with Crippen molar-refractivity contribution in [1.82, 2.24) is 0 Å². The minimum Gasteiger partial charge on any atom is -0.380 e. The molecule has 1 N–H and O–H groups in total. The first kappa shape index (κ1) is 10.5. The highest BCUT2D eigenvalue weighted by Crippen LogP contribution is 1.99. The van der Waals surface area contributed by atoms with E-state index in [0.717, 1.165) is 12.8 Å². The molecule has 1 atom stereocenters. The average molecular weight is 154 g/mol. The van der Waals surface area contributed by atoms with Crippen molar-refractivity contribution in [2.24, 2.45) is 5.92 Å². The molecule has 0 heterocycles. The highest BCUT2D eigenvalue weighted by atomic mass is 16.3. The maximum absolute atomic E-state index is 9.25. The van der Waals surface area contributed by atoms with Crippen LogP contribution in [0.4, 0.5) is 0 Å². The molecular weight excluding hydrogens is 136 g/mol. The van der Waals surface area contributed by atoms with E-state index >= 15 is 0 Å². The Morgan fingerprint density at radius 2 is 2.00 bits per heavy atom. The summed E-state index contributed by atoms with van der Waals surface area (Å²) in [4.78, 5) is 0.